The Morgan fingerprint density at radius 3 is 2.77 bits per heavy atom. The number of carbonyl (C=O) groups is 1. The molecule has 1 aliphatic rings. The van der Waals surface area contributed by atoms with Gasteiger partial charge in [0, 0.05) is 11.8 Å². The number of carbonyl (C=O) groups excluding carboxylic acids is 1. The first-order valence-corrected chi connectivity index (χ1v) is 8.14. The predicted octanol–water partition coefficient (Wildman–Crippen LogP) is 2.02. The number of nitrogens with one attached hydrogen (secondary N) is 2. The molecule has 1 heterocycles. The zero-order valence-electron chi connectivity index (χ0n) is 12.3. The summed E-state index contributed by atoms with van der Waals surface area (Å²) in [6.45, 7) is 0.800. The van der Waals surface area contributed by atoms with Gasteiger partial charge in [-0.25, -0.2) is 4.79 Å². The minimum atomic E-state index is -4.92. The van der Waals surface area contributed by atoms with Crippen LogP contribution in [0.15, 0.2) is 12.3 Å². The molecule has 0 aromatic rings. The first-order valence-electron chi connectivity index (χ1n) is 6.99. The minimum Gasteiger partial charge on any atom is -0.502 e. The van der Waals surface area contributed by atoms with Crippen molar-refractivity contribution >= 4 is 17.8 Å². The number of rotatable bonds is 6. The van der Waals surface area contributed by atoms with Gasteiger partial charge in [0.1, 0.15) is 0 Å². The molecule has 22 heavy (non-hydrogen) atoms. The Labute approximate surface area is 131 Å². The summed E-state index contributed by atoms with van der Waals surface area (Å²) in [6.07, 6.45) is -1.89. The highest BCUT2D eigenvalue weighted by Gasteiger charge is 2.52. The Hall–Kier alpha value is -1.09. The lowest BCUT2D eigenvalue weighted by Crippen LogP contribution is -2.55. The molecular formula is C13H21F3N2O3S. The van der Waals surface area contributed by atoms with Gasteiger partial charge >= 0.3 is 12.2 Å². The largest absolute Gasteiger partial charge is 0.502 e. The molecule has 0 unspecified atom stereocenters. The van der Waals surface area contributed by atoms with Crippen LogP contribution in [0.2, 0.25) is 0 Å². The molecule has 3 N–H and O–H groups in total. The van der Waals surface area contributed by atoms with Crippen LogP contribution in [0.4, 0.5) is 18.0 Å². The lowest BCUT2D eigenvalue weighted by Gasteiger charge is -2.28. The van der Waals surface area contributed by atoms with Gasteiger partial charge in [0.2, 0.25) is 0 Å². The molecule has 0 spiro atoms. The summed E-state index contributed by atoms with van der Waals surface area (Å²) in [5, 5.41) is 14.4. The molecule has 1 fully saturated rings. The maximum atomic E-state index is 12.9. The van der Waals surface area contributed by atoms with Gasteiger partial charge < -0.3 is 20.5 Å². The zero-order chi connectivity index (χ0) is 16.6. The van der Waals surface area contributed by atoms with Crippen LogP contribution in [-0.4, -0.2) is 53.6 Å². The van der Waals surface area contributed by atoms with Gasteiger partial charge in [0.25, 0.3) is 0 Å². The fraction of sp³-hybridized carbons (Fsp3) is 0.769. The average molecular weight is 342 g/mol. The normalized spacial score (nSPS) is 22.1. The Morgan fingerprint density at radius 1 is 1.50 bits per heavy atom. The molecule has 9 heteroatoms. The van der Waals surface area contributed by atoms with Gasteiger partial charge in [-0.05, 0) is 31.6 Å². The number of ether oxygens (including phenoxy) is 1. The molecule has 1 saturated heterocycles. The standard InChI is InChI=1S/C13H21F3N2O3S/c1-2-21-6-5-12(20,13(14,15)16)9-17-11(19)18-10-4-3-7-22-8-10/h5-6,10,20H,2-4,7-9H2,1H3,(H2,17,18,19)/b6-5+/t10-,12-/m0/s1. The highest BCUT2D eigenvalue weighted by atomic mass is 32.2. The van der Waals surface area contributed by atoms with Crippen molar-refractivity contribution in [1.29, 1.82) is 0 Å². The lowest BCUT2D eigenvalue weighted by molar-refractivity contribution is -0.237. The topological polar surface area (TPSA) is 70.6 Å². The lowest BCUT2D eigenvalue weighted by atomic mass is 10.0. The van der Waals surface area contributed by atoms with E-state index in [9.17, 15) is 23.1 Å². The van der Waals surface area contributed by atoms with Crippen LogP contribution in [-0.2, 0) is 4.74 Å². The van der Waals surface area contributed by atoms with Crippen molar-refractivity contribution in [2.45, 2.75) is 37.6 Å². The van der Waals surface area contributed by atoms with Gasteiger partial charge in [-0.3, -0.25) is 0 Å². The van der Waals surface area contributed by atoms with E-state index in [1.165, 1.54) is 0 Å². The number of amides is 2. The Bertz CT molecular complexity index is 387. The average Bonchev–Trinajstić information content (AvgIpc) is 2.45. The summed E-state index contributed by atoms with van der Waals surface area (Å²) >= 11 is 1.69. The molecule has 2 atom stereocenters. The molecule has 5 nitrogen and oxygen atoms in total. The predicted molar refractivity (Wildman–Crippen MR) is 78.7 cm³/mol. The van der Waals surface area contributed by atoms with Crippen molar-refractivity contribution in [1.82, 2.24) is 10.6 Å². The second-order valence-electron chi connectivity index (χ2n) is 4.92. The summed E-state index contributed by atoms with van der Waals surface area (Å²) in [7, 11) is 0. The number of hydrogen-bond acceptors (Lipinski definition) is 4. The second-order valence-corrected chi connectivity index (χ2v) is 6.07. The molecule has 0 aromatic carbocycles. The van der Waals surface area contributed by atoms with Crippen LogP contribution < -0.4 is 10.6 Å². The van der Waals surface area contributed by atoms with Gasteiger partial charge in [0.15, 0.2) is 5.60 Å². The van der Waals surface area contributed by atoms with Crippen molar-refractivity contribution in [3.8, 4) is 0 Å². The number of thioether (sulfide) groups is 1. The van der Waals surface area contributed by atoms with E-state index in [1.807, 2.05) is 0 Å². The van der Waals surface area contributed by atoms with Crippen LogP contribution >= 0.6 is 11.8 Å². The number of halogens is 3. The Balaban J connectivity index is 2.53. The fourth-order valence-electron chi connectivity index (χ4n) is 1.82. The van der Waals surface area contributed by atoms with E-state index in [2.05, 4.69) is 15.4 Å². The highest BCUT2D eigenvalue weighted by Crippen LogP contribution is 2.31. The zero-order valence-corrected chi connectivity index (χ0v) is 13.1. The van der Waals surface area contributed by atoms with E-state index in [1.54, 1.807) is 18.7 Å². The molecule has 0 saturated carbocycles. The quantitative estimate of drug-likeness (QED) is 0.646. The third-order valence-corrected chi connectivity index (χ3v) is 4.33. The second kappa shape index (κ2) is 8.52. The van der Waals surface area contributed by atoms with E-state index in [0.717, 1.165) is 30.6 Å². The number of aliphatic hydroxyl groups is 1. The third kappa shape index (κ3) is 5.96. The highest BCUT2D eigenvalue weighted by molar-refractivity contribution is 7.99. The van der Waals surface area contributed by atoms with Gasteiger partial charge in [-0.2, -0.15) is 24.9 Å². The number of hydrogen-bond donors (Lipinski definition) is 3. The van der Waals surface area contributed by atoms with E-state index in [-0.39, 0.29) is 12.6 Å². The van der Waals surface area contributed by atoms with Crippen LogP contribution in [0.25, 0.3) is 0 Å². The maximum Gasteiger partial charge on any atom is 0.422 e. The first kappa shape index (κ1) is 19.0. The van der Waals surface area contributed by atoms with Gasteiger partial charge in [-0.15, -0.1) is 0 Å². The van der Waals surface area contributed by atoms with Crippen LogP contribution in [0.3, 0.4) is 0 Å². The maximum absolute atomic E-state index is 12.9. The van der Waals surface area contributed by atoms with E-state index < -0.39 is 24.4 Å². The molecule has 0 radical (unpaired) electrons. The molecule has 0 aromatic heterocycles. The van der Waals surface area contributed by atoms with E-state index >= 15 is 0 Å². The first-order chi connectivity index (χ1) is 10.3. The van der Waals surface area contributed by atoms with Crippen molar-refractivity contribution < 1.29 is 27.8 Å². The van der Waals surface area contributed by atoms with Crippen molar-refractivity contribution in [3.05, 3.63) is 12.3 Å². The molecule has 0 aliphatic carbocycles. The monoisotopic (exact) mass is 342 g/mol. The van der Waals surface area contributed by atoms with Crippen molar-refractivity contribution in [2.24, 2.45) is 0 Å². The Kier molecular flexibility index (Phi) is 7.34. The SMILES string of the molecule is CCO/C=C/[C@](O)(CNC(=O)N[C@H]1CCCSC1)C(F)(F)F. The summed E-state index contributed by atoms with van der Waals surface area (Å²) < 4.78 is 43.4. The van der Waals surface area contributed by atoms with Crippen LogP contribution in [0.1, 0.15) is 19.8 Å². The van der Waals surface area contributed by atoms with E-state index in [4.69, 9.17) is 0 Å². The molecular weight excluding hydrogens is 321 g/mol. The fourth-order valence-corrected chi connectivity index (χ4v) is 2.89. The molecule has 128 valence electrons. The van der Waals surface area contributed by atoms with Crippen molar-refractivity contribution in [2.75, 3.05) is 24.7 Å². The smallest absolute Gasteiger partial charge is 0.422 e. The van der Waals surface area contributed by atoms with Crippen LogP contribution in [0.5, 0.6) is 0 Å². The Morgan fingerprint density at radius 2 is 2.23 bits per heavy atom. The minimum absolute atomic E-state index is 0.0586. The molecule has 0 bridgehead atoms. The summed E-state index contributed by atoms with van der Waals surface area (Å²) in [5.74, 6) is 1.76. The number of alkyl halides is 3. The van der Waals surface area contributed by atoms with Crippen molar-refractivity contribution in [3.63, 3.8) is 0 Å². The van der Waals surface area contributed by atoms with Gasteiger partial charge in [-0.1, -0.05) is 0 Å². The molecule has 1 rings (SSSR count). The summed E-state index contributed by atoms with van der Waals surface area (Å²) in [6, 6.07) is -0.781. The molecule has 2 amide bonds. The van der Waals surface area contributed by atoms with E-state index in [0.29, 0.717) is 6.08 Å². The molecule has 1 aliphatic heterocycles. The third-order valence-electron chi connectivity index (χ3n) is 3.11. The van der Waals surface area contributed by atoms with Gasteiger partial charge in [0.05, 0.1) is 19.4 Å². The number of urea groups is 1. The summed E-state index contributed by atoms with van der Waals surface area (Å²) in [4.78, 5) is 11.6. The summed E-state index contributed by atoms with van der Waals surface area (Å²) in [5.41, 5.74) is -3.17. The van der Waals surface area contributed by atoms with Crippen LogP contribution in [0, 0.1) is 0 Å².